The summed E-state index contributed by atoms with van der Waals surface area (Å²) < 4.78 is 36.9. The second kappa shape index (κ2) is 9.32. The number of hydrazone groups is 1. The SMILES string of the molecule is CN1N=C(c2ccc(S(C)=O)c(F)c2)C(C)(N(OC(=O)OC(C)(C)C)C(=O)OC(C)(C)C)C1=O. The van der Waals surface area contributed by atoms with Gasteiger partial charge in [0.05, 0.1) is 15.7 Å². The summed E-state index contributed by atoms with van der Waals surface area (Å²) in [5, 5.41) is 5.55. The van der Waals surface area contributed by atoms with Crippen molar-refractivity contribution in [1.82, 2.24) is 10.1 Å². The third-order valence-corrected chi connectivity index (χ3v) is 5.41. The maximum Gasteiger partial charge on any atom is 0.534 e. The Kier molecular flexibility index (Phi) is 7.46. The fraction of sp³-hybridized carbons (Fsp3) is 0.545. The average Bonchev–Trinajstić information content (AvgIpc) is 2.87. The van der Waals surface area contributed by atoms with E-state index in [0.29, 0.717) is 5.06 Å². The number of benzene rings is 1. The summed E-state index contributed by atoms with van der Waals surface area (Å²) in [7, 11) is -0.258. The highest BCUT2D eigenvalue weighted by Crippen LogP contribution is 2.33. The number of likely N-dealkylation sites (N-methyl/N-ethyl adjacent to an activating group) is 1. The van der Waals surface area contributed by atoms with E-state index < -0.39 is 51.5 Å². The van der Waals surface area contributed by atoms with E-state index in [2.05, 4.69) is 5.10 Å². The summed E-state index contributed by atoms with van der Waals surface area (Å²) in [6.07, 6.45) is -1.10. The van der Waals surface area contributed by atoms with Gasteiger partial charge in [0.2, 0.25) is 5.54 Å². The van der Waals surface area contributed by atoms with Gasteiger partial charge >= 0.3 is 12.2 Å². The predicted molar refractivity (Wildman–Crippen MR) is 122 cm³/mol. The summed E-state index contributed by atoms with van der Waals surface area (Å²) in [5.74, 6) is -1.54. The fourth-order valence-electron chi connectivity index (χ4n) is 3.07. The van der Waals surface area contributed by atoms with E-state index in [0.717, 1.165) is 11.1 Å². The minimum Gasteiger partial charge on any atom is -0.442 e. The molecule has 1 aromatic rings. The van der Waals surface area contributed by atoms with Crippen LogP contribution in [-0.4, -0.2) is 68.2 Å². The number of hydrogen-bond acceptors (Lipinski definition) is 8. The van der Waals surface area contributed by atoms with Crippen molar-refractivity contribution in [3.05, 3.63) is 29.6 Å². The van der Waals surface area contributed by atoms with Gasteiger partial charge in [-0.2, -0.15) is 5.10 Å². The van der Waals surface area contributed by atoms with Gasteiger partial charge in [-0.1, -0.05) is 6.07 Å². The summed E-state index contributed by atoms with van der Waals surface area (Å²) in [5.41, 5.74) is -3.99. The molecule has 0 saturated heterocycles. The molecular weight excluding hydrogens is 469 g/mol. The van der Waals surface area contributed by atoms with Crippen LogP contribution in [0.15, 0.2) is 28.2 Å². The Labute approximate surface area is 200 Å². The van der Waals surface area contributed by atoms with E-state index in [1.165, 1.54) is 32.4 Å². The zero-order valence-electron chi connectivity index (χ0n) is 20.7. The van der Waals surface area contributed by atoms with Gasteiger partial charge in [-0.25, -0.2) is 19.0 Å². The third kappa shape index (κ3) is 5.91. The van der Waals surface area contributed by atoms with Crippen LogP contribution in [0.2, 0.25) is 0 Å². The molecule has 0 bridgehead atoms. The molecular formula is C22H30FN3O7S. The molecule has 188 valence electrons. The van der Waals surface area contributed by atoms with Crippen molar-refractivity contribution < 1.29 is 37.3 Å². The van der Waals surface area contributed by atoms with E-state index in [-0.39, 0.29) is 16.2 Å². The lowest BCUT2D eigenvalue weighted by Gasteiger charge is -2.36. The highest BCUT2D eigenvalue weighted by atomic mass is 32.2. The Morgan fingerprint density at radius 1 is 1.12 bits per heavy atom. The van der Waals surface area contributed by atoms with Crippen molar-refractivity contribution in [2.24, 2.45) is 5.10 Å². The standard InChI is InChI=1S/C22H30FN3O7S/c1-20(2,3)31-18(28)26(33-19(29)32-21(4,5)6)22(7)16(24-25(8)17(22)27)13-10-11-15(34(9)30)14(23)12-13/h10-12H,1-9H3. The van der Waals surface area contributed by atoms with Crippen LogP contribution in [0, 0.1) is 5.82 Å². The Hall–Kier alpha value is -3.02. The van der Waals surface area contributed by atoms with Crippen molar-refractivity contribution in [1.29, 1.82) is 0 Å². The molecule has 1 aromatic carbocycles. The van der Waals surface area contributed by atoms with Gasteiger partial charge in [0.15, 0.2) is 0 Å². The molecule has 0 spiro atoms. The van der Waals surface area contributed by atoms with Crippen LogP contribution in [0.5, 0.6) is 0 Å². The molecule has 0 N–H and O–H groups in total. The molecule has 1 aliphatic heterocycles. The Balaban J connectivity index is 2.62. The minimum absolute atomic E-state index is 0.0438. The van der Waals surface area contributed by atoms with Crippen LogP contribution >= 0.6 is 0 Å². The smallest absolute Gasteiger partial charge is 0.442 e. The normalized spacial score (nSPS) is 19.4. The van der Waals surface area contributed by atoms with Gasteiger partial charge in [0.25, 0.3) is 5.91 Å². The first-order chi connectivity index (χ1) is 15.4. The van der Waals surface area contributed by atoms with Gasteiger partial charge in [0.1, 0.15) is 22.7 Å². The number of carbonyl (C=O) groups is 3. The number of ether oxygens (including phenoxy) is 2. The molecule has 2 unspecified atom stereocenters. The summed E-state index contributed by atoms with van der Waals surface area (Å²) >= 11 is 0. The topological polar surface area (TPSA) is 115 Å². The molecule has 0 fully saturated rings. The first-order valence-corrected chi connectivity index (χ1v) is 11.9. The number of halogens is 1. The van der Waals surface area contributed by atoms with Crippen LogP contribution in [0.3, 0.4) is 0 Å². The second-order valence-corrected chi connectivity index (χ2v) is 11.1. The molecule has 2 rings (SSSR count). The van der Waals surface area contributed by atoms with Gasteiger partial charge in [-0.05, 0) is 60.6 Å². The number of carbonyl (C=O) groups excluding carboxylic acids is 3. The molecule has 0 saturated carbocycles. The maximum absolute atomic E-state index is 14.6. The van der Waals surface area contributed by atoms with Crippen LogP contribution in [0.25, 0.3) is 0 Å². The number of amides is 2. The van der Waals surface area contributed by atoms with Crippen molar-refractivity contribution in [3.8, 4) is 0 Å². The highest BCUT2D eigenvalue weighted by Gasteiger charge is 2.57. The minimum atomic E-state index is -2.03. The second-order valence-electron chi connectivity index (χ2n) is 9.78. The van der Waals surface area contributed by atoms with Gasteiger partial charge in [-0.15, -0.1) is 5.06 Å². The van der Waals surface area contributed by atoms with Gasteiger partial charge in [-0.3, -0.25) is 13.8 Å². The number of hydrogen-bond donors (Lipinski definition) is 0. The Bertz CT molecular complexity index is 1060. The third-order valence-electron chi connectivity index (χ3n) is 4.46. The quantitative estimate of drug-likeness (QED) is 0.461. The van der Waals surface area contributed by atoms with Crippen molar-refractivity contribution >= 4 is 34.7 Å². The number of rotatable bonds is 3. The lowest BCUT2D eigenvalue weighted by atomic mass is 9.90. The molecule has 2 amide bonds. The molecule has 34 heavy (non-hydrogen) atoms. The highest BCUT2D eigenvalue weighted by molar-refractivity contribution is 7.84. The molecule has 0 aromatic heterocycles. The average molecular weight is 500 g/mol. The van der Waals surface area contributed by atoms with E-state index >= 15 is 0 Å². The van der Waals surface area contributed by atoms with Crippen molar-refractivity contribution in [3.63, 3.8) is 0 Å². The molecule has 1 heterocycles. The monoisotopic (exact) mass is 499 g/mol. The molecule has 12 heteroatoms. The van der Waals surface area contributed by atoms with Crippen LogP contribution < -0.4 is 0 Å². The van der Waals surface area contributed by atoms with E-state index in [1.54, 1.807) is 41.5 Å². The van der Waals surface area contributed by atoms with Crippen LogP contribution in [-0.2, 0) is 29.9 Å². The van der Waals surface area contributed by atoms with Gasteiger partial charge in [0, 0.05) is 18.9 Å². The zero-order chi connectivity index (χ0) is 26.2. The lowest BCUT2D eigenvalue weighted by Crippen LogP contribution is -2.61. The fourth-order valence-corrected chi connectivity index (χ4v) is 3.66. The molecule has 0 radical (unpaired) electrons. The van der Waals surface area contributed by atoms with E-state index in [4.69, 9.17) is 14.3 Å². The van der Waals surface area contributed by atoms with E-state index in [1.807, 2.05) is 0 Å². The van der Waals surface area contributed by atoms with E-state index in [9.17, 15) is 23.0 Å². The summed E-state index contributed by atoms with van der Waals surface area (Å²) in [4.78, 5) is 44.0. The first kappa shape index (κ1) is 27.2. The summed E-state index contributed by atoms with van der Waals surface area (Å²) in [6.45, 7) is 10.8. The first-order valence-electron chi connectivity index (χ1n) is 10.3. The maximum atomic E-state index is 14.6. The molecule has 0 aliphatic carbocycles. The predicted octanol–water partition coefficient (Wildman–Crippen LogP) is 3.60. The van der Waals surface area contributed by atoms with Crippen LogP contribution in [0.1, 0.15) is 54.0 Å². The molecule has 2 atom stereocenters. The number of nitrogens with zero attached hydrogens (tertiary/aromatic N) is 3. The van der Waals surface area contributed by atoms with Crippen LogP contribution in [0.4, 0.5) is 14.0 Å². The van der Waals surface area contributed by atoms with Gasteiger partial charge < -0.3 is 9.47 Å². The number of hydroxylamine groups is 2. The Morgan fingerprint density at radius 2 is 1.68 bits per heavy atom. The lowest BCUT2D eigenvalue weighted by molar-refractivity contribution is -0.176. The largest absolute Gasteiger partial charge is 0.534 e. The molecule has 10 nitrogen and oxygen atoms in total. The zero-order valence-corrected chi connectivity index (χ0v) is 21.5. The molecule has 1 aliphatic rings. The Morgan fingerprint density at radius 3 is 2.15 bits per heavy atom. The van der Waals surface area contributed by atoms with Crippen molar-refractivity contribution in [2.75, 3.05) is 13.3 Å². The summed E-state index contributed by atoms with van der Waals surface area (Å²) in [6, 6.07) is 3.74. The van der Waals surface area contributed by atoms with Crippen molar-refractivity contribution in [2.45, 2.75) is 70.1 Å².